The molecule has 0 radical (unpaired) electrons. The number of nitrogens with zero attached hydrogens (tertiary/aromatic N) is 1. The van der Waals surface area contributed by atoms with Crippen LogP contribution in [0.2, 0.25) is 0 Å². The van der Waals surface area contributed by atoms with Crippen molar-refractivity contribution in [1.82, 2.24) is 4.98 Å². The molecular weight excluding hydrogens is 160 g/mol. The van der Waals surface area contributed by atoms with Gasteiger partial charge < -0.3 is 5.32 Å². The SMILES string of the molecule is C#Cc1cnc2c(c1)C=CC(=C)N2. The Morgan fingerprint density at radius 3 is 3.08 bits per heavy atom. The van der Waals surface area contributed by atoms with Crippen LogP contribution in [0.15, 0.2) is 30.6 Å². The van der Waals surface area contributed by atoms with E-state index in [0.29, 0.717) is 0 Å². The summed E-state index contributed by atoms with van der Waals surface area (Å²) in [6.07, 6.45) is 10.8. The predicted octanol–water partition coefficient (Wildman–Crippen LogP) is 2.02. The van der Waals surface area contributed by atoms with Crippen molar-refractivity contribution >= 4 is 11.9 Å². The number of allylic oxidation sites excluding steroid dienone is 1. The average molecular weight is 168 g/mol. The largest absolute Gasteiger partial charge is 0.340 e. The van der Waals surface area contributed by atoms with Gasteiger partial charge in [0.05, 0.1) is 0 Å². The Labute approximate surface area is 77.0 Å². The van der Waals surface area contributed by atoms with E-state index < -0.39 is 0 Å². The lowest BCUT2D eigenvalue weighted by atomic mass is 10.1. The summed E-state index contributed by atoms with van der Waals surface area (Å²) < 4.78 is 0. The molecule has 1 aliphatic rings. The lowest BCUT2D eigenvalue weighted by Crippen LogP contribution is -2.04. The molecule has 2 nitrogen and oxygen atoms in total. The van der Waals surface area contributed by atoms with Gasteiger partial charge >= 0.3 is 0 Å². The molecule has 0 bridgehead atoms. The minimum Gasteiger partial charge on any atom is -0.340 e. The van der Waals surface area contributed by atoms with Crippen molar-refractivity contribution in [1.29, 1.82) is 0 Å². The maximum absolute atomic E-state index is 5.26. The van der Waals surface area contributed by atoms with Gasteiger partial charge in [-0.1, -0.05) is 12.5 Å². The smallest absolute Gasteiger partial charge is 0.137 e. The average Bonchev–Trinajstić information content (AvgIpc) is 2.17. The number of pyridine rings is 1. The van der Waals surface area contributed by atoms with Gasteiger partial charge in [-0.05, 0) is 18.2 Å². The first kappa shape index (κ1) is 7.63. The summed E-state index contributed by atoms with van der Waals surface area (Å²) >= 11 is 0. The van der Waals surface area contributed by atoms with Gasteiger partial charge in [0.25, 0.3) is 0 Å². The van der Waals surface area contributed by atoms with Gasteiger partial charge in [0, 0.05) is 23.0 Å². The highest BCUT2D eigenvalue weighted by Gasteiger charge is 2.06. The molecule has 0 spiro atoms. The number of hydrogen-bond acceptors (Lipinski definition) is 2. The van der Waals surface area contributed by atoms with Crippen LogP contribution >= 0.6 is 0 Å². The van der Waals surface area contributed by atoms with Crippen LogP contribution in [0.5, 0.6) is 0 Å². The molecule has 0 unspecified atom stereocenters. The second-order valence-electron chi connectivity index (χ2n) is 2.79. The first-order valence-corrected chi connectivity index (χ1v) is 3.90. The zero-order chi connectivity index (χ0) is 9.26. The topological polar surface area (TPSA) is 24.9 Å². The van der Waals surface area contributed by atoms with E-state index in [1.807, 2.05) is 18.2 Å². The third kappa shape index (κ3) is 1.32. The zero-order valence-corrected chi connectivity index (χ0v) is 7.04. The van der Waals surface area contributed by atoms with E-state index in [1.165, 1.54) is 0 Å². The maximum atomic E-state index is 5.26. The van der Waals surface area contributed by atoms with Gasteiger partial charge in [0.2, 0.25) is 0 Å². The monoisotopic (exact) mass is 168 g/mol. The highest BCUT2D eigenvalue weighted by atomic mass is 15.0. The highest BCUT2D eigenvalue weighted by Crippen LogP contribution is 2.21. The van der Waals surface area contributed by atoms with E-state index in [-0.39, 0.29) is 0 Å². The molecule has 13 heavy (non-hydrogen) atoms. The summed E-state index contributed by atoms with van der Waals surface area (Å²) in [5, 5.41) is 3.05. The first-order chi connectivity index (χ1) is 6.29. The van der Waals surface area contributed by atoms with Crippen LogP contribution in [0, 0.1) is 12.3 Å². The van der Waals surface area contributed by atoms with Crippen LogP contribution in [0.1, 0.15) is 11.1 Å². The second-order valence-corrected chi connectivity index (χ2v) is 2.79. The van der Waals surface area contributed by atoms with Crippen LogP contribution in [-0.2, 0) is 0 Å². The third-order valence-corrected chi connectivity index (χ3v) is 1.83. The zero-order valence-electron chi connectivity index (χ0n) is 7.04. The molecule has 0 saturated carbocycles. The van der Waals surface area contributed by atoms with Crippen LogP contribution in [-0.4, -0.2) is 4.98 Å². The van der Waals surface area contributed by atoms with Crippen molar-refractivity contribution in [2.75, 3.05) is 5.32 Å². The Balaban J connectivity index is 2.53. The highest BCUT2D eigenvalue weighted by molar-refractivity contribution is 5.72. The lowest BCUT2D eigenvalue weighted by molar-refractivity contribution is 1.26. The van der Waals surface area contributed by atoms with Crippen molar-refractivity contribution in [2.24, 2.45) is 0 Å². The standard InChI is InChI=1S/C11H8N2/c1-3-9-6-10-5-4-8(2)13-11(10)12-7-9/h1,4-7H,2H2,(H,12,13). The number of nitrogens with one attached hydrogen (secondary N) is 1. The molecule has 2 rings (SSSR count). The summed E-state index contributed by atoms with van der Waals surface area (Å²) in [4.78, 5) is 4.17. The molecule has 62 valence electrons. The molecule has 1 aliphatic heterocycles. The fraction of sp³-hybridized carbons (Fsp3) is 0. The summed E-state index contributed by atoms with van der Waals surface area (Å²) in [6.45, 7) is 3.78. The number of rotatable bonds is 0. The van der Waals surface area contributed by atoms with Crippen LogP contribution in [0.4, 0.5) is 5.82 Å². The molecular formula is C11H8N2. The Bertz CT molecular complexity index is 436. The van der Waals surface area contributed by atoms with E-state index in [4.69, 9.17) is 6.42 Å². The molecule has 1 N–H and O–H groups in total. The van der Waals surface area contributed by atoms with E-state index in [2.05, 4.69) is 22.8 Å². The second kappa shape index (κ2) is 2.80. The molecule has 0 amide bonds. The molecule has 2 heterocycles. The van der Waals surface area contributed by atoms with Gasteiger partial charge in [0.1, 0.15) is 5.82 Å². The third-order valence-electron chi connectivity index (χ3n) is 1.83. The van der Waals surface area contributed by atoms with Crippen LogP contribution in [0.3, 0.4) is 0 Å². The summed E-state index contributed by atoms with van der Waals surface area (Å²) in [5.41, 5.74) is 2.63. The lowest BCUT2D eigenvalue weighted by Gasteiger charge is -2.13. The van der Waals surface area contributed by atoms with E-state index >= 15 is 0 Å². The minimum absolute atomic E-state index is 0.790. The van der Waals surface area contributed by atoms with E-state index in [0.717, 1.165) is 22.6 Å². The Morgan fingerprint density at radius 1 is 1.46 bits per heavy atom. The van der Waals surface area contributed by atoms with Gasteiger partial charge in [-0.2, -0.15) is 0 Å². The van der Waals surface area contributed by atoms with Crippen molar-refractivity contribution < 1.29 is 0 Å². The molecule has 1 aromatic rings. The van der Waals surface area contributed by atoms with Gasteiger partial charge in [-0.15, -0.1) is 6.42 Å². The molecule has 1 aromatic heterocycles. The number of aromatic nitrogens is 1. The number of fused-ring (bicyclic) bond motifs is 1. The number of anilines is 1. The van der Waals surface area contributed by atoms with Gasteiger partial charge in [-0.3, -0.25) is 0 Å². The minimum atomic E-state index is 0.790. The quantitative estimate of drug-likeness (QED) is 0.599. The maximum Gasteiger partial charge on any atom is 0.137 e. The van der Waals surface area contributed by atoms with Crippen LogP contribution < -0.4 is 5.32 Å². The number of terminal acetylenes is 1. The molecule has 0 aromatic carbocycles. The molecule has 0 fully saturated rings. The van der Waals surface area contributed by atoms with Crippen molar-refractivity contribution in [3.63, 3.8) is 0 Å². The molecule has 2 heteroatoms. The molecule has 0 aliphatic carbocycles. The fourth-order valence-corrected chi connectivity index (χ4v) is 1.18. The molecule has 0 saturated heterocycles. The Hall–Kier alpha value is -2.01. The summed E-state index contributed by atoms with van der Waals surface area (Å²) in [7, 11) is 0. The van der Waals surface area contributed by atoms with Crippen molar-refractivity contribution in [2.45, 2.75) is 0 Å². The molecule has 0 atom stereocenters. The van der Waals surface area contributed by atoms with E-state index in [9.17, 15) is 0 Å². The predicted molar refractivity (Wildman–Crippen MR) is 54.0 cm³/mol. The fourth-order valence-electron chi connectivity index (χ4n) is 1.18. The number of hydrogen-bond donors (Lipinski definition) is 1. The van der Waals surface area contributed by atoms with E-state index in [1.54, 1.807) is 6.20 Å². The Morgan fingerprint density at radius 2 is 2.31 bits per heavy atom. The van der Waals surface area contributed by atoms with Crippen molar-refractivity contribution in [3.05, 3.63) is 41.7 Å². The van der Waals surface area contributed by atoms with Gasteiger partial charge in [-0.25, -0.2) is 4.98 Å². The first-order valence-electron chi connectivity index (χ1n) is 3.90. The van der Waals surface area contributed by atoms with Crippen LogP contribution in [0.25, 0.3) is 6.08 Å². The Kier molecular flexibility index (Phi) is 1.64. The summed E-state index contributed by atoms with van der Waals surface area (Å²) in [5.74, 6) is 3.35. The van der Waals surface area contributed by atoms with Crippen molar-refractivity contribution in [3.8, 4) is 12.3 Å². The summed E-state index contributed by atoms with van der Waals surface area (Å²) in [6, 6.07) is 1.91. The van der Waals surface area contributed by atoms with Gasteiger partial charge in [0.15, 0.2) is 0 Å². The normalized spacial score (nSPS) is 13.0.